The summed E-state index contributed by atoms with van der Waals surface area (Å²) in [5, 5.41) is 14.2. The minimum absolute atomic E-state index is 0.0501. The van der Waals surface area contributed by atoms with Gasteiger partial charge in [0.05, 0.1) is 6.54 Å². The van der Waals surface area contributed by atoms with Gasteiger partial charge >= 0.3 is 6.18 Å². The lowest BCUT2D eigenvalue weighted by molar-refractivity contribution is -0.141. The molecule has 0 radical (unpaired) electrons. The highest BCUT2D eigenvalue weighted by atomic mass is 19.4. The van der Waals surface area contributed by atoms with Crippen molar-refractivity contribution >= 4 is 10.9 Å². The van der Waals surface area contributed by atoms with Crippen LogP contribution in [0.1, 0.15) is 5.69 Å². The molecule has 0 aliphatic heterocycles. The van der Waals surface area contributed by atoms with E-state index in [4.69, 9.17) is 4.74 Å². The average Bonchev–Trinajstić information content (AvgIpc) is 3.13. The number of aliphatic hydroxyl groups is 1. The van der Waals surface area contributed by atoms with Crippen LogP contribution < -0.4 is 4.74 Å². The number of rotatable bonds is 5. The number of alkyl halides is 3. The van der Waals surface area contributed by atoms with Crippen LogP contribution in [0.5, 0.6) is 5.75 Å². The van der Waals surface area contributed by atoms with E-state index in [2.05, 4.69) is 10.1 Å². The summed E-state index contributed by atoms with van der Waals surface area (Å²) in [6, 6.07) is 8.18. The van der Waals surface area contributed by atoms with E-state index in [-0.39, 0.29) is 13.2 Å². The number of halogens is 3. The van der Waals surface area contributed by atoms with Crippen LogP contribution in [0.3, 0.4) is 0 Å². The molecule has 2 heterocycles. The van der Waals surface area contributed by atoms with Crippen LogP contribution in [0, 0.1) is 0 Å². The first-order valence-corrected chi connectivity index (χ1v) is 6.91. The Hall–Kier alpha value is -2.48. The topological polar surface area (TPSA) is 63.1 Å². The molecule has 0 amide bonds. The maximum Gasteiger partial charge on any atom is 0.435 e. The summed E-state index contributed by atoms with van der Waals surface area (Å²) in [7, 11) is 0. The Morgan fingerprint density at radius 2 is 2.09 bits per heavy atom. The van der Waals surface area contributed by atoms with Gasteiger partial charge in [-0.1, -0.05) is 6.07 Å². The molecule has 1 atom stereocenters. The summed E-state index contributed by atoms with van der Waals surface area (Å²) in [6.07, 6.45) is -2.52. The van der Waals surface area contributed by atoms with Gasteiger partial charge in [0.25, 0.3) is 0 Å². The summed E-state index contributed by atoms with van der Waals surface area (Å²) >= 11 is 0. The van der Waals surface area contributed by atoms with Crippen molar-refractivity contribution in [2.24, 2.45) is 0 Å². The summed E-state index contributed by atoms with van der Waals surface area (Å²) in [5.74, 6) is 0.597. The van der Waals surface area contributed by atoms with Crippen LogP contribution in [-0.2, 0) is 12.7 Å². The number of benzene rings is 1. The van der Waals surface area contributed by atoms with E-state index in [1.807, 2.05) is 18.2 Å². The lowest BCUT2D eigenvalue weighted by Crippen LogP contribution is -2.24. The Morgan fingerprint density at radius 1 is 1.26 bits per heavy atom. The molecule has 0 aliphatic carbocycles. The third kappa shape index (κ3) is 3.48. The predicted molar refractivity (Wildman–Crippen MR) is 77.0 cm³/mol. The minimum Gasteiger partial charge on any atom is -0.490 e. The molecule has 1 unspecified atom stereocenters. The summed E-state index contributed by atoms with van der Waals surface area (Å²) < 4.78 is 44.0. The number of fused-ring (bicyclic) bond motifs is 1. The van der Waals surface area contributed by atoms with Crippen molar-refractivity contribution in [1.82, 2.24) is 14.8 Å². The number of aromatic nitrogens is 3. The van der Waals surface area contributed by atoms with Crippen molar-refractivity contribution in [2.75, 3.05) is 6.61 Å². The smallest absolute Gasteiger partial charge is 0.435 e. The highest BCUT2D eigenvalue weighted by molar-refractivity contribution is 5.85. The van der Waals surface area contributed by atoms with E-state index in [1.54, 1.807) is 12.3 Å². The van der Waals surface area contributed by atoms with Crippen molar-refractivity contribution in [1.29, 1.82) is 0 Å². The number of aliphatic hydroxyl groups excluding tert-OH is 1. The standard InChI is InChI=1S/C15H14F3N3O2/c16-15(17,18)14-5-7-21(20-14)8-10(22)9-23-13-3-1-2-12-11(13)4-6-19-12/h1-7,10,19,22H,8-9H2. The van der Waals surface area contributed by atoms with E-state index in [1.165, 1.54) is 6.20 Å². The Labute approximate surface area is 129 Å². The fourth-order valence-corrected chi connectivity index (χ4v) is 2.25. The van der Waals surface area contributed by atoms with Crippen molar-refractivity contribution in [3.05, 3.63) is 48.4 Å². The summed E-state index contributed by atoms with van der Waals surface area (Å²) in [6.45, 7) is -0.134. The highest BCUT2D eigenvalue weighted by Crippen LogP contribution is 2.27. The van der Waals surface area contributed by atoms with Crippen molar-refractivity contribution in [3.8, 4) is 5.75 Å². The first kappa shape index (κ1) is 15.4. The fraction of sp³-hybridized carbons (Fsp3) is 0.267. The molecule has 0 aliphatic rings. The molecule has 122 valence electrons. The number of hydrogen-bond donors (Lipinski definition) is 2. The Balaban J connectivity index is 1.60. The maximum atomic E-state index is 12.5. The van der Waals surface area contributed by atoms with Gasteiger partial charge in [-0.3, -0.25) is 4.68 Å². The second-order valence-corrected chi connectivity index (χ2v) is 5.08. The van der Waals surface area contributed by atoms with Crippen LogP contribution in [0.15, 0.2) is 42.7 Å². The number of aromatic amines is 1. The van der Waals surface area contributed by atoms with Crippen LogP contribution in [0.25, 0.3) is 10.9 Å². The zero-order chi connectivity index (χ0) is 16.4. The molecule has 2 N–H and O–H groups in total. The highest BCUT2D eigenvalue weighted by Gasteiger charge is 2.33. The third-order valence-electron chi connectivity index (χ3n) is 3.32. The lowest BCUT2D eigenvalue weighted by atomic mass is 10.2. The van der Waals surface area contributed by atoms with Gasteiger partial charge < -0.3 is 14.8 Å². The molecule has 0 fully saturated rings. The zero-order valence-corrected chi connectivity index (χ0v) is 11.9. The van der Waals surface area contributed by atoms with Gasteiger partial charge in [0.2, 0.25) is 0 Å². The number of nitrogens with zero attached hydrogens (tertiary/aromatic N) is 2. The second kappa shape index (κ2) is 5.96. The molecule has 0 spiro atoms. The first-order valence-electron chi connectivity index (χ1n) is 6.91. The normalized spacial score (nSPS) is 13.4. The fourth-order valence-electron chi connectivity index (χ4n) is 2.25. The molecular formula is C15H14F3N3O2. The summed E-state index contributed by atoms with van der Waals surface area (Å²) in [5.41, 5.74) is -0.0819. The minimum atomic E-state index is -4.49. The van der Waals surface area contributed by atoms with Crippen LogP contribution in [0.4, 0.5) is 13.2 Å². The van der Waals surface area contributed by atoms with Crippen LogP contribution in [0.2, 0.25) is 0 Å². The molecule has 0 bridgehead atoms. The number of hydrogen-bond acceptors (Lipinski definition) is 3. The molecule has 0 saturated heterocycles. The number of nitrogens with one attached hydrogen (secondary N) is 1. The van der Waals surface area contributed by atoms with Crippen LogP contribution in [-0.4, -0.2) is 32.6 Å². The molecule has 5 nitrogen and oxygen atoms in total. The van der Waals surface area contributed by atoms with E-state index in [0.717, 1.165) is 21.7 Å². The maximum absolute atomic E-state index is 12.5. The molecule has 2 aromatic heterocycles. The molecule has 0 saturated carbocycles. The lowest BCUT2D eigenvalue weighted by Gasteiger charge is -2.13. The third-order valence-corrected chi connectivity index (χ3v) is 3.32. The van der Waals surface area contributed by atoms with Crippen molar-refractivity contribution < 1.29 is 23.0 Å². The van der Waals surface area contributed by atoms with Gasteiger partial charge in [-0.2, -0.15) is 18.3 Å². The Morgan fingerprint density at radius 3 is 2.83 bits per heavy atom. The van der Waals surface area contributed by atoms with Gasteiger partial charge in [0, 0.05) is 23.3 Å². The summed E-state index contributed by atoms with van der Waals surface area (Å²) in [4.78, 5) is 3.04. The Bertz CT molecular complexity index is 794. The van der Waals surface area contributed by atoms with Gasteiger partial charge in [0.1, 0.15) is 18.5 Å². The average molecular weight is 325 g/mol. The predicted octanol–water partition coefficient (Wildman–Crippen LogP) is 2.82. The van der Waals surface area contributed by atoms with E-state index in [9.17, 15) is 18.3 Å². The van der Waals surface area contributed by atoms with Crippen molar-refractivity contribution in [3.63, 3.8) is 0 Å². The number of ether oxygens (including phenoxy) is 1. The molecule has 3 aromatic rings. The molecule has 23 heavy (non-hydrogen) atoms. The van der Waals surface area contributed by atoms with Gasteiger partial charge in [-0.25, -0.2) is 0 Å². The largest absolute Gasteiger partial charge is 0.490 e. The van der Waals surface area contributed by atoms with Gasteiger partial charge in [-0.05, 0) is 24.3 Å². The molecule has 3 rings (SSSR count). The molecular weight excluding hydrogens is 311 g/mol. The SMILES string of the molecule is OC(COc1cccc2[nH]ccc12)Cn1ccc(C(F)(F)F)n1. The Kier molecular flexibility index (Phi) is 3.99. The number of H-pyrrole nitrogens is 1. The van der Waals surface area contributed by atoms with Crippen LogP contribution >= 0.6 is 0 Å². The monoisotopic (exact) mass is 325 g/mol. The second-order valence-electron chi connectivity index (χ2n) is 5.08. The molecule has 8 heteroatoms. The van der Waals surface area contributed by atoms with Gasteiger partial charge in [-0.15, -0.1) is 0 Å². The quantitative estimate of drug-likeness (QED) is 0.758. The molecule has 1 aromatic carbocycles. The van der Waals surface area contributed by atoms with Gasteiger partial charge in [0.15, 0.2) is 5.69 Å². The van der Waals surface area contributed by atoms with Crippen molar-refractivity contribution in [2.45, 2.75) is 18.8 Å². The van der Waals surface area contributed by atoms with E-state index >= 15 is 0 Å². The van der Waals surface area contributed by atoms with E-state index < -0.39 is 18.0 Å². The van der Waals surface area contributed by atoms with E-state index in [0.29, 0.717) is 5.75 Å². The zero-order valence-electron chi connectivity index (χ0n) is 11.9. The first-order chi connectivity index (χ1) is 10.9.